The second-order valence-electron chi connectivity index (χ2n) is 4.80. The average Bonchev–Trinajstić information content (AvgIpc) is 2.55. The molecule has 1 atom stereocenters. The lowest BCUT2D eigenvalue weighted by Gasteiger charge is -2.10. The van der Waals surface area contributed by atoms with Gasteiger partial charge in [-0.25, -0.2) is 0 Å². The van der Waals surface area contributed by atoms with Crippen molar-refractivity contribution in [2.24, 2.45) is 0 Å². The molecule has 1 aromatic heterocycles. The Balaban J connectivity index is 2.22. The van der Waals surface area contributed by atoms with Crippen molar-refractivity contribution in [1.29, 1.82) is 5.26 Å². The molecule has 2 aromatic rings. The van der Waals surface area contributed by atoms with E-state index in [0.717, 1.165) is 12.1 Å². The van der Waals surface area contributed by atoms with E-state index < -0.39 is 29.2 Å². The highest BCUT2D eigenvalue weighted by Crippen LogP contribution is 2.30. The van der Waals surface area contributed by atoms with E-state index in [1.165, 1.54) is 24.3 Å². The molecule has 0 saturated carbocycles. The molecule has 2 rings (SSSR count). The summed E-state index contributed by atoms with van der Waals surface area (Å²) < 4.78 is 62.1. The molecular formula is C16H9F5N2OS. The number of hydrogen-bond acceptors (Lipinski definition) is 4. The standard InChI is InChI=1S/C16H9F5N2OS/c17-15(18)25-11-4-1-9(2-5-11)14(24)12(7-22)13-6-3-10(8-23-13)16(19,20)21/h1-6,8,12,15H. The number of nitrogens with zero attached hydrogens (tertiary/aromatic N) is 2. The number of aromatic nitrogens is 1. The third-order valence-corrected chi connectivity index (χ3v) is 3.89. The van der Waals surface area contributed by atoms with Crippen molar-refractivity contribution in [2.75, 3.05) is 0 Å². The number of rotatable bonds is 5. The Morgan fingerprint density at radius 1 is 1.12 bits per heavy atom. The fourth-order valence-corrected chi connectivity index (χ4v) is 2.47. The lowest BCUT2D eigenvalue weighted by atomic mass is 9.95. The second kappa shape index (κ2) is 7.61. The van der Waals surface area contributed by atoms with Crippen LogP contribution in [0.4, 0.5) is 22.0 Å². The summed E-state index contributed by atoms with van der Waals surface area (Å²) in [6.45, 7) is 0. The summed E-state index contributed by atoms with van der Waals surface area (Å²) in [4.78, 5) is 16.1. The van der Waals surface area contributed by atoms with Gasteiger partial charge in [0.05, 0.1) is 17.3 Å². The first kappa shape index (κ1) is 18.9. The summed E-state index contributed by atoms with van der Waals surface area (Å²) in [6, 6.07) is 8.58. The van der Waals surface area contributed by atoms with E-state index >= 15 is 0 Å². The van der Waals surface area contributed by atoms with Crippen molar-refractivity contribution in [3.05, 3.63) is 59.4 Å². The van der Waals surface area contributed by atoms with E-state index in [0.29, 0.717) is 18.0 Å². The minimum Gasteiger partial charge on any atom is -0.292 e. The van der Waals surface area contributed by atoms with Crippen LogP contribution in [0.2, 0.25) is 0 Å². The number of hydrogen-bond donors (Lipinski definition) is 0. The Bertz CT molecular complexity index is 782. The number of benzene rings is 1. The SMILES string of the molecule is N#CC(C(=O)c1ccc(SC(F)F)cc1)c1ccc(C(F)(F)F)cn1. The zero-order chi connectivity index (χ0) is 18.6. The van der Waals surface area contributed by atoms with Crippen LogP contribution in [0, 0.1) is 11.3 Å². The van der Waals surface area contributed by atoms with Crippen LogP contribution < -0.4 is 0 Å². The van der Waals surface area contributed by atoms with Gasteiger partial charge in [-0.1, -0.05) is 23.9 Å². The molecule has 0 amide bonds. The van der Waals surface area contributed by atoms with Gasteiger partial charge in [-0.2, -0.15) is 27.2 Å². The van der Waals surface area contributed by atoms with Crippen LogP contribution in [0.3, 0.4) is 0 Å². The first-order valence-electron chi connectivity index (χ1n) is 6.74. The predicted molar refractivity (Wildman–Crippen MR) is 80.2 cm³/mol. The maximum atomic E-state index is 12.5. The molecule has 1 aromatic carbocycles. The Labute approximate surface area is 143 Å². The monoisotopic (exact) mass is 372 g/mol. The average molecular weight is 372 g/mol. The molecule has 0 aliphatic carbocycles. The molecule has 0 aliphatic rings. The minimum atomic E-state index is -4.57. The van der Waals surface area contributed by atoms with E-state index in [9.17, 15) is 32.0 Å². The van der Waals surface area contributed by atoms with Gasteiger partial charge in [0.2, 0.25) is 0 Å². The highest BCUT2D eigenvalue weighted by atomic mass is 32.2. The van der Waals surface area contributed by atoms with E-state index in [-0.39, 0.29) is 16.2 Å². The van der Waals surface area contributed by atoms with Crippen LogP contribution in [0.25, 0.3) is 0 Å². The van der Waals surface area contributed by atoms with E-state index in [1.54, 1.807) is 6.07 Å². The number of pyridine rings is 1. The van der Waals surface area contributed by atoms with Gasteiger partial charge in [-0.15, -0.1) is 0 Å². The first-order chi connectivity index (χ1) is 11.7. The Hall–Kier alpha value is -2.47. The molecule has 0 fully saturated rings. The largest absolute Gasteiger partial charge is 0.417 e. The molecule has 1 heterocycles. The molecule has 0 N–H and O–H groups in total. The van der Waals surface area contributed by atoms with Gasteiger partial charge in [0, 0.05) is 16.7 Å². The quantitative estimate of drug-likeness (QED) is 0.425. The number of carbonyl (C=O) groups is 1. The maximum Gasteiger partial charge on any atom is 0.417 e. The summed E-state index contributed by atoms with van der Waals surface area (Å²) >= 11 is 0.305. The van der Waals surface area contributed by atoms with Crippen LogP contribution in [0.5, 0.6) is 0 Å². The molecule has 0 aliphatic heterocycles. The van der Waals surface area contributed by atoms with Gasteiger partial charge in [-0.05, 0) is 24.3 Å². The third kappa shape index (κ3) is 4.76. The van der Waals surface area contributed by atoms with Crippen molar-refractivity contribution in [3.63, 3.8) is 0 Å². The summed E-state index contributed by atoms with van der Waals surface area (Å²) in [6.07, 6.45) is -4.02. The Morgan fingerprint density at radius 2 is 1.76 bits per heavy atom. The lowest BCUT2D eigenvalue weighted by Crippen LogP contribution is -2.14. The second-order valence-corrected chi connectivity index (χ2v) is 5.86. The van der Waals surface area contributed by atoms with E-state index in [4.69, 9.17) is 0 Å². The van der Waals surface area contributed by atoms with Gasteiger partial charge in [0.15, 0.2) is 11.7 Å². The van der Waals surface area contributed by atoms with Gasteiger partial charge in [0.25, 0.3) is 5.76 Å². The van der Waals surface area contributed by atoms with Crippen LogP contribution in [-0.4, -0.2) is 16.5 Å². The van der Waals surface area contributed by atoms with Crippen molar-refractivity contribution in [1.82, 2.24) is 4.98 Å². The molecule has 9 heteroatoms. The molecular weight excluding hydrogens is 363 g/mol. The number of halogens is 5. The van der Waals surface area contributed by atoms with E-state index in [1.807, 2.05) is 0 Å². The third-order valence-electron chi connectivity index (χ3n) is 3.16. The maximum absolute atomic E-state index is 12.5. The van der Waals surface area contributed by atoms with Gasteiger partial charge >= 0.3 is 6.18 Å². The van der Waals surface area contributed by atoms with Crippen molar-refractivity contribution < 1.29 is 26.7 Å². The number of nitriles is 1. The van der Waals surface area contributed by atoms with Crippen molar-refractivity contribution >= 4 is 17.5 Å². The summed E-state index contributed by atoms with van der Waals surface area (Å²) in [5, 5.41) is 9.18. The lowest BCUT2D eigenvalue weighted by molar-refractivity contribution is -0.137. The summed E-state index contributed by atoms with van der Waals surface area (Å²) in [5.41, 5.74) is -1.04. The minimum absolute atomic E-state index is 0.0758. The normalized spacial score (nSPS) is 12.7. The molecule has 0 saturated heterocycles. The fourth-order valence-electron chi connectivity index (χ4n) is 1.97. The predicted octanol–water partition coefficient (Wildman–Crippen LogP) is 4.91. The van der Waals surface area contributed by atoms with Gasteiger partial charge in [0.1, 0.15) is 0 Å². The summed E-state index contributed by atoms with van der Waals surface area (Å²) in [5.74, 6) is -4.68. The smallest absolute Gasteiger partial charge is 0.292 e. The first-order valence-corrected chi connectivity index (χ1v) is 7.62. The zero-order valence-corrected chi connectivity index (χ0v) is 13.1. The fraction of sp³-hybridized carbons (Fsp3) is 0.188. The van der Waals surface area contributed by atoms with Gasteiger partial charge in [-0.3, -0.25) is 9.78 Å². The zero-order valence-electron chi connectivity index (χ0n) is 12.3. The van der Waals surface area contributed by atoms with Gasteiger partial charge < -0.3 is 0 Å². The number of Topliss-reactive ketones (excluding diaryl/α,β-unsaturated/α-hetero) is 1. The molecule has 25 heavy (non-hydrogen) atoms. The van der Waals surface area contributed by atoms with Crippen LogP contribution >= 0.6 is 11.8 Å². The topological polar surface area (TPSA) is 53.8 Å². The highest BCUT2D eigenvalue weighted by Gasteiger charge is 2.31. The van der Waals surface area contributed by atoms with E-state index in [2.05, 4.69) is 4.98 Å². The van der Waals surface area contributed by atoms with Crippen LogP contribution in [-0.2, 0) is 6.18 Å². The summed E-state index contributed by atoms with van der Waals surface area (Å²) in [7, 11) is 0. The van der Waals surface area contributed by atoms with Crippen LogP contribution in [0.15, 0.2) is 47.5 Å². The number of carbonyl (C=O) groups excluding carboxylic acids is 1. The highest BCUT2D eigenvalue weighted by molar-refractivity contribution is 7.99. The molecule has 0 bridgehead atoms. The number of alkyl halides is 5. The molecule has 130 valence electrons. The van der Waals surface area contributed by atoms with Crippen molar-refractivity contribution in [3.8, 4) is 6.07 Å². The Morgan fingerprint density at radius 3 is 2.20 bits per heavy atom. The van der Waals surface area contributed by atoms with Crippen molar-refractivity contribution in [2.45, 2.75) is 22.7 Å². The van der Waals surface area contributed by atoms with Crippen LogP contribution in [0.1, 0.15) is 27.5 Å². The Kier molecular flexibility index (Phi) is 5.74. The molecule has 0 spiro atoms. The molecule has 0 radical (unpaired) electrons. The number of thioether (sulfide) groups is 1. The number of ketones is 1. The molecule has 3 nitrogen and oxygen atoms in total. The molecule has 1 unspecified atom stereocenters.